The van der Waals surface area contributed by atoms with E-state index in [-0.39, 0.29) is 16.7 Å². The summed E-state index contributed by atoms with van der Waals surface area (Å²) in [5.41, 5.74) is 2.02. The van der Waals surface area contributed by atoms with E-state index in [0.717, 1.165) is 21.7 Å². The quantitative estimate of drug-likeness (QED) is 0.672. The molecule has 0 atom stereocenters. The van der Waals surface area contributed by atoms with Crippen LogP contribution in [0.25, 0.3) is 11.0 Å². The van der Waals surface area contributed by atoms with Crippen molar-refractivity contribution < 1.29 is 13.2 Å². The second-order valence-electron chi connectivity index (χ2n) is 5.22. The highest BCUT2D eigenvalue weighted by Crippen LogP contribution is 2.21. The monoisotopic (exact) mass is 379 g/mol. The number of rotatable bonds is 6. The average Bonchev–Trinajstić information content (AvgIpc) is 3.26. The molecule has 0 spiro atoms. The van der Waals surface area contributed by atoms with E-state index in [4.69, 9.17) is 0 Å². The zero-order valence-electron chi connectivity index (χ0n) is 13.7. The van der Waals surface area contributed by atoms with Gasteiger partial charge >= 0.3 is 0 Å². The average molecular weight is 379 g/mol. The number of fused-ring (bicyclic) bond motifs is 1. The fraction of sp³-hybridized carbons (Fsp3) is 0.267. The maximum Gasteiger partial charge on any atom is 0.251 e. The van der Waals surface area contributed by atoms with Crippen molar-refractivity contribution in [1.82, 2.24) is 25.0 Å². The largest absolute Gasteiger partial charge is 0.347 e. The minimum Gasteiger partial charge on any atom is -0.347 e. The Bertz CT molecular complexity index is 1020. The first-order valence-corrected chi connectivity index (χ1v) is 9.88. The van der Waals surface area contributed by atoms with Crippen molar-refractivity contribution in [3.05, 3.63) is 40.8 Å². The highest BCUT2D eigenvalue weighted by Gasteiger charge is 2.15. The Balaban J connectivity index is 1.70. The number of aryl methyl sites for hydroxylation is 1. The number of hydrogen-bond acceptors (Lipinski definition) is 6. The number of carbonyl (C=O) groups is 1. The van der Waals surface area contributed by atoms with Crippen LogP contribution in [0.3, 0.4) is 0 Å². The molecule has 2 N–H and O–H groups in total. The molecule has 3 rings (SSSR count). The van der Waals surface area contributed by atoms with Gasteiger partial charge in [-0.1, -0.05) is 5.21 Å². The second-order valence-corrected chi connectivity index (χ2v) is 8.50. The second kappa shape index (κ2) is 6.90. The molecule has 0 radical (unpaired) electrons. The highest BCUT2D eigenvalue weighted by atomic mass is 32.2. The predicted molar refractivity (Wildman–Crippen MR) is 94.9 cm³/mol. The molecule has 2 aromatic heterocycles. The van der Waals surface area contributed by atoms with E-state index in [1.54, 1.807) is 22.9 Å². The third-order valence-corrected chi connectivity index (χ3v) is 6.66. The fourth-order valence-corrected chi connectivity index (χ4v) is 4.45. The molecule has 1 amide bonds. The van der Waals surface area contributed by atoms with E-state index < -0.39 is 10.0 Å². The van der Waals surface area contributed by atoms with Crippen LogP contribution in [0.15, 0.2) is 34.5 Å². The standard InChI is InChI=1S/C15H17N5O3S2/c1-3-20-13-6-4-10(8-12(13)18-19-20)15(21)17-9-11-5-7-14(24-11)25(22,23)16-2/h4-8,16H,3,9H2,1-2H3,(H,17,21). The summed E-state index contributed by atoms with van der Waals surface area (Å²) < 4.78 is 27.7. The molecule has 8 nitrogen and oxygen atoms in total. The van der Waals surface area contributed by atoms with Crippen molar-refractivity contribution in [2.75, 3.05) is 7.05 Å². The summed E-state index contributed by atoms with van der Waals surface area (Å²) >= 11 is 1.12. The van der Waals surface area contributed by atoms with Gasteiger partial charge in [0.15, 0.2) is 0 Å². The lowest BCUT2D eigenvalue weighted by Crippen LogP contribution is -2.22. The topological polar surface area (TPSA) is 106 Å². The van der Waals surface area contributed by atoms with Crippen molar-refractivity contribution in [2.45, 2.75) is 24.2 Å². The van der Waals surface area contributed by atoms with Crippen LogP contribution in [0.2, 0.25) is 0 Å². The maximum absolute atomic E-state index is 12.3. The van der Waals surface area contributed by atoms with Gasteiger partial charge in [0.25, 0.3) is 5.91 Å². The molecule has 0 aliphatic carbocycles. The van der Waals surface area contributed by atoms with Gasteiger partial charge in [-0.15, -0.1) is 16.4 Å². The number of sulfonamides is 1. The van der Waals surface area contributed by atoms with Crippen molar-refractivity contribution in [3.8, 4) is 0 Å². The lowest BCUT2D eigenvalue weighted by Gasteiger charge is -2.04. The predicted octanol–water partition coefficient (Wildman–Crippen LogP) is 1.35. The van der Waals surface area contributed by atoms with Gasteiger partial charge in [-0.05, 0) is 44.3 Å². The molecule has 0 aliphatic heterocycles. The van der Waals surface area contributed by atoms with E-state index in [2.05, 4.69) is 20.4 Å². The highest BCUT2D eigenvalue weighted by molar-refractivity contribution is 7.91. The summed E-state index contributed by atoms with van der Waals surface area (Å²) in [6.07, 6.45) is 0. The number of benzene rings is 1. The van der Waals surface area contributed by atoms with Crippen molar-refractivity contribution >= 4 is 38.3 Å². The molecule has 3 aromatic rings. The molecule has 0 fully saturated rings. The Morgan fingerprint density at radius 3 is 2.80 bits per heavy atom. The van der Waals surface area contributed by atoms with Crippen LogP contribution in [0.1, 0.15) is 22.2 Å². The smallest absolute Gasteiger partial charge is 0.251 e. The lowest BCUT2D eigenvalue weighted by molar-refractivity contribution is 0.0951. The number of nitrogens with zero attached hydrogens (tertiary/aromatic N) is 3. The molecule has 25 heavy (non-hydrogen) atoms. The maximum atomic E-state index is 12.3. The number of hydrogen-bond donors (Lipinski definition) is 2. The molecule has 10 heteroatoms. The molecule has 1 aromatic carbocycles. The van der Waals surface area contributed by atoms with Gasteiger partial charge in [-0.3, -0.25) is 4.79 Å². The SMILES string of the molecule is CCn1nnc2cc(C(=O)NCc3ccc(S(=O)(=O)NC)s3)ccc21. The van der Waals surface area contributed by atoms with Crippen LogP contribution < -0.4 is 10.0 Å². The molecule has 0 unspecified atom stereocenters. The van der Waals surface area contributed by atoms with Crippen molar-refractivity contribution in [3.63, 3.8) is 0 Å². The van der Waals surface area contributed by atoms with Gasteiger partial charge in [-0.2, -0.15) is 0 Å². The van der Waals surface area contributed by atoms with E-state index in [9.17, 15) is 13.2 Å². The van der Waals surface area contributed by atoms with Gasteiger partial charge in [0.2, 0.25) is 10.0 Å². The van der Waals surface area contributed by atoms with Gasteiger partial charge < -0.3 is 5.32 Å². The number of amides is 1. The molecule has 0 bridgehead atoms. The minimum atomic E-state index is -3.45. The number of aromatic nitrogens is 3. The van der Waals surface area contributed by atoms with E-state index >= 15 is 0 Å². The fourth-order valence-electron chi connectivity index (χ4n) is 2.31. The first-order chi connectivity index (χ1) is 11.9. The van der Waals surface area contributed by atoms with Crippen LogP contribution in [0.4, 0.5) is 0 Å². The molecule has 0 aliphatic rings. The Morgan fingerprint density at radius 1 is 1.28 bits per heavy atom. The summed E-state index contributed by atoms with van der Waals surface area (Å²) in [4.78, 5) is 13.1. The minimum absolute atomic E-state index is 0.219. The molecular formula is C15H17N5O3S2. The Morgan fingerprint density at radius 2 is 2.08 bits per heavy atom. The van der Waals surface area contributed by atoms with Crippen molar-refractivity contribution in [2.24, 2.45) is 0 Å². The summed E-state index contributed by atoms with van der Waals surface area (Å²) in [5, 5.41) is 10.9. The number of thiophene rings is 1. The van der Waals surface area contributed by atoms with Gasteiger partial charge in [-0.25, -0.2) is 17.8 Å². The summed E-state index contributed by atoms with van der Waals surface area (Å²) in [6.45, 7) is 2.93. The zero-order valence-corrected chi connectivity index (χ0v) is 15.3. The van der Waals surface area contributed by atoms with Crippen LogP contribution in [-0.2, 0) is 23.1 Å². The van der Waals surface area contributed by atoms with Crippen LogP contribution >= 0.6 is 11.3 Å². The first kappa shape index (κ1) is 17.5. The van der Waals surface area contributed by atoms with Gasteiger partial charge in [0, 0.05) is 17.0 Å². The summed E-state index contributed by atoms with van der Waals surface area (Å²) in [6, 6.07) is 8.43. The van der Waals surface area contributed by atoms with E-state index in [1.807, 2.05) is 13.0 Å². The molecule has 0 saturated carbocycles. The third-order valence-electron chi connectivity index (χ3n) is 3.67. The Hall–Kier alpha value is -2.30. The number of carbonyl (C=O) groups excluding carboxylic acids is 1. The van der Waals surface area contributed by atoms with Crippen LogP contribution in [-0.4, -0.2) is 36.4 Å². The molecule has 132 valence electrons. The van der Waals surface area contributed by atoms with Gasteiger partial charge in [0.05, 0.1) is 12.1 Å². The lowest BCUT2D eigenvalue weighted by atomic mass is 10.2. The number of nitrogens with one attached hydrogen (secondary N) is 2. The normalized spacial score (nSPS) is 11.8. The third kappa shape index (κ3) is 3.55. The Labute approximate surface area is 148 Å². The van der Waals surface area contributed by atoms with E-state index in [1.165, 1.54) is 13.1 Å². The zero-order chi connectivity index (χ0) is 18.0. The summed E-state index contributed by atoms with van der Waals surface area (Å²) in [7, 11) is -2.09. The van der Waals surface area contributed by atoms with Gasteiger partial charge in [0.1, 0.15) is 9.73 Å². The molecule has 2 heterocycles. The molecule has 0 saturated heterocycles. The van der Waals surface area contributed by atoms with Crippen molar-refractivity contribution in [1.29, 1.82) is 0 Å². The van der Waals surface area contributed by atoms with E-state index in [0.29, 0.717) is 17.6 Å². The summed E-state index contributed by atoms with van der Waals surface area (Å²) in [5.74, 6) is -0.251. The molecular weight excluding hydrogens is 362 g/mol. The Kier molecular flexibility index (Phi) is 4.84. The first-order valence-electron chi connectivity index (χ1n) is 7.58. The van der Waals surface area contributed by atoms with Crippen LogP contribution in [0.5, 0.6) is 0 Å². The van der Waals surface area contributed by atoms with Crippen LogP contribution in [0, 0.1) is 0 Å².